The molecule has 0 bridgehead atoms. The molecule has 2 aliphatic rings. The minimum atomic E-state index is -4.90. The summed E-state index contributed by atoms with van der Waals surface area (Å²) >= 11 is 0. The number of imidazole rings is 1. The van der Waals surface area contributed by atoms with Crippen LogP contribution in [0.3, 0.4) is 0 Å². The molecule has 6 rings (SSSR count). The van der Waals surface area contributed by atoms with Gasteiger partial charge in [0, 0.05) is 38.4 Å². The minimum absolute atomic E-state index is 0.0174. The molecule has 0 spiro atoms. The average molecular weight is 807 g/mol. The normalized spacial score (nSPS) is 18.6. The Kier molecular flexibility index (Phi) is 11.8. The number of rotatable bonds is 10. The van der Waals surface area contributed by atoms with Gasteiger partial charge in [0.05, 0.1) is 41.9 Å². The number of methoxy groups -OCH3 is 1. The molecule has 4 amide bonds. The van der Waals surface area contributed by atoms with E-state index in [0.717, 1.165) is 12.5 Å². The number of aromatic nitrogens is 3. The Hall–Kier alpha value is -6.00. The predicted octanol–water partition coefficient (Wildman–Crippen LogP) is 6.90. The zero-order chi connectivity index (χ0) is 42.1. The number of alkyl halides is 3. The quantitative estimate of drug-likeness (QED) is 0.116. The molecule has 0 aliphatic carbocycles. The molecular formula is C41H46F4N8O5. The first-order valence-corrected chi connectivity index (χ1v) is 18.8. The van der Waals surface area contributed by atoms with Gasteiger partial charge in [-0.1, -0.05) is 52.0 Å². The van der Waals surface area contributed by atoms with Gasteiger partial charge in [-0.3, -0.25) is 14.4 Å². The van der Waals surface area contributed by atoms with Crippen molar-refractivity contribution < 1.29 is 41.5 Å². The van der Waals surface area contributed by atoms with Crippen LogP contribution in [0.1, 0.15) is 68.8 Å². The van der Waals surface area contributed by atoms with Crippen molar-refractivity contribution >= 4 is 35.8 Å². The fourth-order valence-corrected chi connectivity index (χ4v) is 7.55. The largest absolute Gasteiger partial charge is 0.453 e. The number of hydrogen-bond acceptors (Lipinski definition) is 8. The summed E-state index contributed by atoms with van der Waals surface area (Å²) in [6.45, 7) is 11.6. The van der Waals surface area contributed by atoms with Crippen LogP contribution >= 0.6 is 0 Å². The maximum Gasteiger partial charge on any atom is 0.417 e. The Morgan fingerprint density at radius 2 is 1.72 bits per heavy atom. The maximum absolute atomic E-state index is 15.5. The third kappa shape index (κ3) is 8.92. The number of piperazine rings is 1. The first-order valence-electron chi connectivity index (χ1n) is 18.8. The number of nitrogens with one attached hydrogen (secondary N) is 3. The number of aromatic amines is 1. The predicted molar refractivity (Wildman–Crippen MR) is 208 cm³/mol. The molecule has 2 saturated heterocycles. The third-order valence-corrected chi connectivity index (χ3v) is 10.6. The number of pyridine rings is 1. The number of carbonyl (C=O) groups is 4. The second kappa shape index (κ2) is 16.5. The fraction of sp³-hybridized carbons (Fsp3) is 0.415. The highest BCUT2D eigenvalue weighted by Gasteiger charge is 2.45. The molecule has 17 heteroatoms. The van der Waals surface area contributed by atoms with Crippen LogP contribution in [0.2, 0.25) is 0 Å². The smallest absolute Gasteiger partial charge is 0.417 e. The van der Waals surface area contributed by atoms with Gasteiger partial charge in [0.25, 0.3) is 5.91 Å². The van der Waals surface area contributed by atoms with Gasteiger partial charge in [0.1, 0.15) is 23.5 Å². The van der Waals surface area contributed by atoms with Crippen molar-refractivity contribution in [3.8, 4) is 22.4 Å². The van der Waals surface area contributed by atoms with Crippen LogP contribution in [-0.4, -0.2) is 94.4 Å². The molecule has 0 unspecified atom stereocenters. The molecule has 4 aromatic rings. The summed E-state index contributed by atoms with van der Waals surface area (Å²) in [5, 5.41) is 4.89. The molecule has 3 N–H and O–H groups in total. The Morgan fingerprint density at radius 3 is 2.33 bits per heavy atom. The lowest BCUT2D eigenvalue weighted by molar-refractivity contribution is -0.137. The Balaban J connectivity index is 1.19. The number of H-pyrrole nitrogens is 1. The number of benzene rings is 2. The lowest BCUT2D eigenvalue weighted by Crippen LogP contribution is -2.51. The molecule has 2 fully saturated rings. The van der Waals surface area contributed by atoms with Crippen molar-refractivity contribution in [1.29, 1.82) is 0 Å². The van der Waals surface area contributed by atoms with Gasteiger partial charge in [0.15, 0.2) is 0 Å². The van der Waals surface area contributed by atoms with Crippen LogP contribution in [0.25, 0.3) is 22.4 Å². The Morgan fingerprint density at radius 1 is 1.02 bits per heavy atom. The lowest BCUT2D eigenvalue weighted by atomic mass is 9.90. The molecule has 2 aromatic carbocycles. The first kappa shape index (κ1) is 41.6. The standard InChI is InChI=1S/C41H46F4N8O5/c1-23(2)35(50-39(57)58-6)38(56)53-21-40(4,5)17-33(53)36-47-19-32(48-36)26-9-7-25(8-10-26)28-15-30(42)31(16-29(28)41(43,44)45)49-37(55)27-11-12-34(46-18-27)52-14-13-51(22-54)20-24(52)3/h7-12,15-16,18-19,22-24,33,35H,13-14,17,20-21H2,1-6H3,(H,47,48)(H,49,55)(H,50,57)/t24-,33+,35+/m1/s1. The van der Waals surface area contributed by atoms with Gasteiger partial charge in [-0.2, -0.15) is 13.2 Å². The lowest BCUT2D eigenvalue weighted by Gasteiger charge is -2.39. The molecule has 58 heavy (non-hydrogen) atoms. The summed E-state index contributed by atoms with van der Waals surface area (Å²) in [6, 6.07) is 9.10. The zero-order valence-electron chi connectivity index (χ0n) is 33.0. The summed E-state index contributed by atoms with van der Waals surface area (Å²) in [6.07, 6.45) is -1.40. The van der Waals surface area contributed by atoms with Gasteiger partial charge in [-0.05, 0) is 65.6 Å². The highest BCUT2D eigenvalue weighted by molar-refractivity contribution is 6.04. The van der Waals surface area contributed by atoms with Crippen LogP contribution in [0.5, 0.6) is 0 Å². The molecule has 0 radical (unpaired) electrons. The molecule has 4 heterocycles. The van der Waals surface area contributed by atoms with Crippen LogP contribution in [0, 0.1) is 17.2 Å². The van der Waals surface area contributed by atoms with E-state index in [0.29, 0.717) is 61.6 Å². The van der Waals surface area contributed by atoms with Crippen molar-refractivity contribution in [3.05, 3.63) is 83.7 Å². The number of likely N-dealkylation sites (tertiary alicyclic amines) is 1. The van der Waals surface area contributed by atoms with E-state index >= 15 is 4.39 Å². The average Bonchev–Trinajstić information content (AvgIpc) is 3.81. The molecule has 2 aliphatic heterocycles. The van der Waals surface area contributed by atoms with Crippen molar-refractivity contribution in [2.24, 2.45) is 11.3 Å². The van der Waals surface area contributed by atoms with Crippen molar-refractivity contribution in [1.82, 2.24) is 30.1 Å². The molecular weight excluding hydrogens is 760 g/mol. The number of anilines is 2. The van der Waals surface area contributed by atoms with E-state index < -0.39 is 52.9 Å². The summed E-state index contributed by atoms with van der Waals surface area (Å²) in [4.78, 5) is 67.5. The summed E-state index contributed by atoms with van der Waals surface area (Å²) in [5.74, 6) is -1.34. The van der Waals surface area contributed by atoms with Gasteiger partial charge >= 0.3 is 12.3 Å². The van der Waals surface area contributed by atoms with Crippen LogP contribution in [0.15, 0.2) is 60.9 Å². The van der Waals surface area contributed by atoms with E-state index in [-0.39, 0.29) is 34.4 Å². The van der Waals surface area contributed by atoms with E-state index in [9.17, 15) is 32.3 Å². The van der Waals surface area contributed by atoms with Crippen LogP contribution in [0.4, 0.5) is 33.9 Å². The van der Waals surface area contributed by atoms with E-state index in [4.69, 9.17) is 4.74 Å². The van der Waals surface area contributed by atoms with Crippen molar-refractivity contribution in [3.63, 3.8) is 0 Å². The minimum Gasteiger partial charge on any atom is -0.453 e. The second-order valence-electron chi connectivity index (χ2n) is 15.8. The van der Waals surface area contributed by atoms with Gasteiger partial charge in [0.2, 0.25) is 12.3 Å². The fourth-order valence-electron chi connectivity index (χ4n) is 7.55. The van der Waals surface area contributed by atoms with Gasteiger partial charge < -0.3 is 35.1 Å². The third-order valence-electron chi connectivity index (χ3n) is 10.6. The molecule has 0 saturated carbocycles. The molecule has 2 aromatic heterocycles. The molecule has 13 nitrogen and oxygen atoms in total. The maximum atomic E-state index is 15.5. The Labute approximate surface area is 333 Å². The van der Waals surface area contributed by atoms with E-state index in [1.54, 1.807) is 34.2 Å². The molecule has 3 atom stereocenters. The highest BCUT2D eigenvalue weighted by atomic mass is 19.4. The van der Waals surface area contributed by atoms with Crippen LogP contribution < -0.4 is 15.5 Å². The number of hydrogen-bond donors (Lipinski definition) is 3. The second-order valence-corrected chi connectivity index (χ2v) is 15.8. The number of amides is 4. The van der Waals surface area contributed by atoms with E-state index in [1.165, 1.54) is 31.5 Å². The Bertz CT molecular complexity index is 2160. The summed E-state index contributed by atoms with van der Waals surface area (Å²) < 4.78 is 63.7. The first-order chi connectivity index (χ1) is 27.4. The van der Waals surface area contributed by atoms with E-state index in [1.807, 2.05) is 39.5 Å². The number of carbonyl (C=O) groups excluding carboxylic acids is 4. The van der Waals surface area contributed by atoms with Crippen LogP contribution in [-0.2, 0) is 20.5 Å². The van der Waals surface area contributed by atoms with E-state index in [2.05, 4.69) is 25.6 Å². The van der Waals surface area contributed by atoms with Gasteiger partial charge in [-0.15, -0.1) is 0 Å². The SMILES string of the molecule is COC(=O)N[C@H](C(=O)N1CC(C)(C)C[C@H]1c1ncc(-c2ccc(-c3cc(F)c(NC(=O)c4ccc(N5CCN(C=O)C[C@H]5C)nc4)cc3C(F)(F)F)cc2)[nH]1)C(C)C. The summed E-state index contributed by atoms with van der Waals surface area (Å²) in [5.41, 5.74) is -1.24. The van der Waals surface area contributed by atoms with Gasteiger partial charge in [-0.25, -0.2) is 19.2 Å². The van der Waals surface area contributed by atoms with Crippen molar-refractivity contribution in [2.75, 3.05) is 43.5 Å². The van der Waals surface area contributed by atoms with Crippen molar-refractivity contribution in [2.45, 2.75) is 65.3 Å². The number of alkyl carbamates (subject to hydrolysis) is 1. The molecule has 308 valence electrons. The zero-order valence-corrected chi connectivity index (χ0v) is 33.0. The number of ether oxygens (including phenoxy) is 1. The summed E-state index contributed by atoms with van der Waals surface area (Å²) in [7, 11) is 1.23. The topological polar surface area (TPSA) is 153 Å². The number of nitrogens with zero attached hydrogens (tertiary/aromatic N) is 5. The monoisotopic (exact) mass is 806 g/mol. The highest BCUT2D eigenvalue weighted by Crippen LogP contribution is 2.43. The number of halogens is 4.